The van der Waals surface area contributed by atoms with Gasteiger partial charge in [-0.1, -0.05) is 118 Å². The Hall–Kier alpha value is -0.806. The zero-order valence-corrected chi connectivity index (χ0v) is 34.0. The van der Waals surface area contributed by atoms with Crippen LogP contribution in [0.15, 0.2) is 42.0 Å². The highest BCUT2D eigenvalue weighted by Crippen LogP contribution is 2.42. The first-order valence-electron chi connectivity index (χ1n) is 17.4. The highest BCUT2D eigenvalue weighted by molar-refractivity contribution is 6.74. The number of aliphatic hydroxyl groups is 2. The average Bonchev–Trinajstić information content (AvgIpc) is 2.92. The molecule has 1 aromatic carbocycles. The maximum absolute atomic E-state index is 11.6. The maximum Gasteiger partial charge on any atom is 0.192 e. The van der Waals surface area contributed by atoms with Gasteiger partial charge < -0.3 is 23.8 Å². The summed E-state index contributed by atoms with van der Waals surface area (Å²) < 4.78 is 20.1. The summed E-state index contributed by atoms with van der Waals surface area (Å²) in [7, 11) is -4.13. The summed E-state index contributed by atoms with van der Waals surface area (Å²) >= 11 is 0. The zero-order valence-electron chi connectivity index (χ0n) is 32.0. The number of benzene rings is 1. The van der Waals surface area contributed by atoms with Crippen LogP contribution in [0.25, 0.3) is 0 Å². The Morgan fingerprint density at radius 2 is 1.27 bits per heavy atom. The Labute approximate surface area is 280 Å². The summed E-state index contributed by atoms with van der Waals surface area (Å²) in [5.41, 5.74) is 2.44. The third-order valence-corrected chi connectivity index (χ3v) is 19.7. The molecule has 0 amide bonds. The summed E-state index contributed by atoms with van der Waals surface area (Å²) in [6, 6.07) is 10.2. The molecule has 4 unspecified atom stereocenters. The molecule has 0 saturated heterocycles. The molecule has 2 N–H and O–H groups in total. The Balaban J connectivity index is 3.18. The van der Waals surface area contributed by atoms with Crippen LogP contribution in [-0.4, -0.2) is 58.4 Å². The lowest BCUT2D eigenvalue weighted by Crippen LogP contribution is -2.50. The fraction of sp³-hybridized carbons (Fsp3) is 0.789. The molecule has 1 aromatic rings. The fourth-order valence-electron chi connectivity index (χ4n) is 5.60. The molecule has 0 bridgehead atoms. The minimum atomic E-state index is -2.11. The molecule has 0 fully saturated rings. The molecule has 0 aliphatic rings. The molecular weight excluding hydrogens is 593 g/mol. The van der Waals surface area contributed by atoms with Gasteiger partial charge in [0.15, 0.2) is 16.6 Å². The van der Waals surface area contributed by atoms with Gasteiger partial charge in [-0.15, -0.1) is 0 Å². The molecule has 262 valence electrons. The lowest BCUT2D eigenvalue weighted by molar-refractivity contribution is -0.0443. The van der Waals surface area contributed by atoms with E-state index in [1.807, 2.05) is 18.2 Å². The second-order valence-electron chi connectivity index (χ2n) is 17.2. The first-order valence-corrected chi connectivity index (χ1v) is 23.2. The Morgan fingerprint density at radius 1 is 0.778 bits per heavy atom. The minimum Gasteiger partial charge on any atom is -0.413 e. The summed E-state index contributed by atoms with van der Waals surface area (Å²) in [5, 5.41) is 21.9. The predicted octanol–water partition coefficient (Wildman–Crippen LogP) is 9.85. The van der Waals surface area contributed by atoms with Crippen LogP contribution in [0, 0.1) is 29.6 Å². The van der Waals surface area contributed by atoms with Gasteiger partial charge in [0.05, 0.1) is 31.5 Å². The van der Waals surface area contributed by atoms with Crippen molar-refractivity contribution in [3.8, 4) is 0 Å². The van der Waals surface area contributed by atoms with Crippen LogP contribution < -0.4 is 0 Å². The van der Waals surface area contributed by atoms with Crippen molar-refractivity contribution < 1.29 is 23.8 Å². The van der Waals surface area contributed by atoms with E-state index in [4.69, 9.17) is 13.6 Å². The summed E-state index contributed by atoms with van der Waals surface area (Å²) in [6.45, 7) is 37.0. The topological polar surface area (TPSA) is 68.2 Å². The van der Waals surface area contributed by atoms with Gasteiger partial charge in [-0.2, -0.15) is 0 Å². The second kappa shape index (κ2) is 17.6. The average molecular weight is 665 g/mol. The van der Waals surface area contributed by atoms with Crippen molar-refractivity contribution in [2.45, 2.75) is 151 Å². The van der Waals surface area contributed by atoms with E-state index in [1.165, 1.54) is 5.57 Å². The predicted molar refractivity (Wildman–Crippen MR) is 198 cm³/mol. The van der Waals surface area contributed by atoms with E-state index in [1.54, 1.807) is 0 Å². The third-order valence-electron chi connectivity index (χ3n) is 10.7. The lowest BCUT2D eigenvalue weighted by atomic mass is 9.82. The number of hydrogen-bond acceptors (Lipinski definition) is 5. The number of ether oxygens (including phenoxy) is 1. The Kier molecular flexibility index (Phi) is 16.5. The van der Waals surface area contributed by atoms with Gasteiger partial charge in [-0.3, -0.25) is 0 Å². The van der Waals surface area contributed by atoms with Gasteiger partial charge in [-0.25, -0.2) is 0 Å². The molecule has 0 aliphatic heterocycles. The maximum atomic E-state index is 11.6. The molecule has 0 saturated carbocycles. The quantitative estimate of drug-likeness (QED) is 0.121. The normalized spacial score (nSPS) is 19.4. The van der Waals surface area contributed by atoms with Crippen molar-refractivity contribution in [3.05, 3.63) is 47.5 Å². The zero-order chi connectivity index (χ0) is 35.0. The van der Waals surface area contributed by atoms with Gasteiger partial charge >= 0.3 is 0 Å². The first-order chi connectivity index (χ1) is 20.4. The van der Waals surface area contributed by atoms with Crippen LogP contribution >= 0.6 is 0 Å². The van der Waals surface area contributed by atoms with Crippen molar-refractivity contribution in [2.24, 2.45) is 29.6 Å². The standard InChI is InChI=1S/C38H72O5Si2/c1-27(22-28(2)35(30(4)24-39)42-44(13,14)37(7,8)9)23-29(3)36(43-45(15,16)38(10,11)12)32(6)34(40)31(5)25-41-26-33-20-18-17-19-21-33/h17-22,28-32,34-36,39-40H,23-26H2,1-16H3/b27-22-/t28-,29?,30-,31-,32?,34?,35+,36?/m0/s1. The Bertz CT molecular complexity index is 1010. The van der Waals surface area contributed by atoms with Gasteiger partial charge in [0.2, 0.25) is 0 Å². The Morgan fingerprint density at radius 3 is 1.73 bits per heavy atom. The van der Waals surface area contributed by atoms with Crippen LogP contribution in [-0.2, 0) is 20.2 Å². The minimum absolute atomic E-state index is 0.0219. The highest BCUT2D eigenvalue weighted by Gasteiger charge is 2.44. The second-order valence-corrected chi connectivity index (χ2v) is 26.7. The molecule has 0 aromatic heterocycles. The van der Waals surface area contributed by atoms with Crippen LogP contribution in [0.1, 0.15) is 95.1 Å². The van der Waals surface area contributed by atoms with E-state index in [0.717, 1.165) is 12.0 Å². The first kappa shape index (κ1) is 42.2. The fourth-order valence-corrected chi connectivity index (χ4v) is 8.57. The van der Waals surface area contributed by atoms with Crippen molar-refractivity contribution in [1.82, 2.24) is 0 Å². The largest absolute Gasteiger partial charge is 0.413 e. The molecule has 8 atom stereocenters. The van der Waals surface area contributed by atoms with Gasteiger partial charge in [0.25, 0.3) is 0 Å². The van der Waals surface area contributed by atoms with E-state index < -0.39 is 22.7 Å². The third kappa shape index (κ3) is 13.0. The van der Waals surface area contributed by atoms with Crippen molar-refractivity contribution in [1.29, 1.82) is 0 Å². The highest BCUT2D eigenvalue weighted by atomic mass is 28.4. The monoisotopic (exact) mass is 664 g/mol. The summed E-state index contributed by atoms with van der Waals surface area (Å²) in [4.78, 5) is 0. The number of rotatable bonds is 18. The molecule has 0 heterocycles. The smallest absolute Gasteiger partial charge is 0.192 e. The summed E-state index contributed by atoms with van der Waals surface area (Å²) in [6.07, 6.45) is 2.55. The van der Waals surface area contributed by atoms with Gasteiger partial charge in [0.1, 0.15) is 0 Å². The SMILES string of the molecule is C/C(=C/[C@H](C)[C@@H](O[Si](C)(C)C(C)(C)C)[C@@H](C)CO)CC(C)C(O[Si](C)(C)C(C)(C)C)C(C)C(O)[C@@H](C)COCc1ccccc1. The molecule has 7 heteroatoms. The molecule has 45 heavy (non-hydrogen) atoms. The molecule has 0 radical (unpaired) electrons. The van der Waals surface area contributed by atoms with Gasteiger partial charge in [-0.05, 0) is 67.0 Å². The number of aliphatic hydroxyl groups excluding tert-OH is 2. The van der Waals surface area contributed by atoms with Crippen molar-refractivity contribution in [2.75, 3.05) is 13.2 Å². The molecule has 1 rings (SSSR count). The van der Waals surface area contributed by atoms with Crippen molar-refractivity contribution in [3.63, 3.8) is 0 Å². The molecule has 0 spiro atoms. The molecule has 5 nitrogen and oxygen atoms in total. The van der Waals surface area contributed by atoms with Crippen LogP contribution in [0.5, 0.6) is 0 Å². The van der Waals surface area contributed by atoms with E-state index in [0.29, 0.717) is 13.2 Å². The van der Waals surface area contributed by atoms with Gasteiger partial charge in [0, 0.05) is 24.4 Å². The van der Waals surface area contributed by atoms with E-state index in [-0.39, 0.29) is 58.5 Å². The molecule has 0 aliphatic carbocycles. The molecular formula is C38H72O5Si2. The van der Waals surface area contributed by atoms with Crippen LogP contribution in [0.4, 0.5) is 0 Å². The van der Waals surface area contributed by atoms with E-state index in [2.05, 4.69) is 127 Å². The van der Waals surface area contributed by atoms with Crippen molar-refractivity contribution >= 4 is 16.6 Å². The van der Waals surface area contributed by atoms with Crippen LogP contribution in [0.2, 0.25) is 36.3 Å². The lowest BCUT2D eigenvalue weighted by Gasteiger charge is -2.44. The summed E-state index contributed by atoms with van der Waals surface area (Å²) in [5.74, 6) is 0.341. The van der Waals surface area contributed by atoms with E-state index in [9.17, 15) is 10.2 Å². The number of allylic oxidation sites excluding steroid dienone is 1. The van der Waals surface area contributed by atoms with E-state index >= 15 is 0 Å². The number of hydrogen-bond donors (Lipinski definition) is 2. The van der Waals surface area contributed by atoms with Crippen LogP contribution in [0.3, 0.4) is 0 Å².